The van der Waals surface area contributed by atoms with Crippen LogP contribution in [-0.4, -0.2) is 34.3 Å². The lowest BCUT2D eigenvalue weighted by atomic mass is 10.0. The molecule has 0 radical (unpaired) electrons. The average Bonchev–Trinajstić information content (AvgIpc) is 3.01. The maximum Gasteiger partial charge on any atom is 0.253 e. The van der Waals surface area contributed by atoms with Crippen LogP contribution < -0.4 is 5.32 Å². The van der Waals surface area contributed by atoms with E-state index in [-0.39, 0.29) is 17.9 Å². The fourth-order valence-electron chi connectivity index (χ4n) is 3.42. The Bertz CT molecular complexity index is 950. The first-order valence-corrected chi connectivity index (χ1v) is 8.66. The Morgan fingerprint density at radius 3 is 2.81 bits per heavy atom. The lowest BCUT2D eigenvalue weighted by Crippen LogP contribution is -2.37. The van der Waals surface area contributed by atoms with Crippen molar-refractivity contribution in [1.82, 2.24) is 15.2 Å². The summed E-state index contributed by atoms with van der Waals surface area (Å²) in [5.41, 5.74) is 1.63. The Hall–Kier alpha value is -3.21. The van der Waals surface area contributed by atoms with E-state index in [1.807, 2.05) is 23.1 Å². The smallest absolute Gasteiger partial charge is 0.253 e. The number of fused-ring (bicyclic) bond motifs is 1. The first kappa shape index (κ1) is 16.3. The second-order valence-corrected chi connectivity index (χ2v) is 6.53. The second-order valence-electron chi connectivity index (χ2n) is 6.53. The molecule has 2 aromatic carbocycles. The van der Waals surface area contributed by atoms with Crippen molar-refractivity contribution in [2.75, 3.05) is 6.54 Å². The molecule has 4 rings (SSSR count). The van der Waals surface area contributed by atoms with Crippen LogP contribution in [-0.2, 0) is 11.3 Å². The fraction of sp³-hybridized carbons (Fsp3) is 0.190. The number of benzene rings is 2. The molecule has 1 fully saturated rings. The molecule has 130 valence electrons. The quantitative estimate of drug-likeness (QED) is 0.791. The first-order valence-electron chi connectivity index (χ1n) is 8.66. The van der Waals surface area contributed by atoms with Crippen molar-refractivity contribution in [2.24, 2.45) is 0 Å². The van der Waals surface area contributed by atoms with Gasteiger partial charge in [-0.3, -0.25) is 14.6 Å². The van der Waals surface area contributed by atoms with Crippen LogP contribution in [0.4, 0.5) is 0 Å². The Balaban J connectivity index is 1.46. The third-order valence-corrected chi connectivity index (χ3v) is 4.71. The van der Waals surface area contributed by atoms with Crippen LogP contribution in [0.3, 0.4) is 0 Å². The molecule has 2 amide bonds. The summed E-state index contributed by atoms with van der Waals surface area (Å²) < 4.78 is 0. The summed E-state index contributed by atoms with van der Waals surface area (Å²) in [5.74, 6) is -0.127. The lowest BCUT2D eigenvalue weighted by molar-refractivity contribution is -0.128. The third-order valence-electron chi connectivity index (χ3n) is 4.71. The SMILES string of the molecule is O=C(NC1CC(=O)N(Cc2cccc3ccccc23)C1)c1cccnc1. The number of carbonyl (C=O) groups excluding carboxylic acids is 2. The van der Waals surface area contributed by atoms with E-state index in [2.05, 4.69) is 34.6 Å². The van der Waals surface area contributed by atoms with Gasteiger partial charge in [0.25, 0.3) is 5.91 Å². The molecule has 0 bridgehead atoms. The van der Waals surface area contributed by atoms with Crippen molar-refractivity contribution in [3.63, 3.8) is 0 Å². The molecule has 2 heterocycles. The van der Waals surface area contributed by atoms with E-state index in [0.717, 1.165) is 16.3 Å². The molecule has 1 saturated heterocycles. The summed E-state index contributed by atoms with van der Waals surface area (Å²) in [5, 5.41) is 5.26. The summed E-state index contributed by atoms with van der Waals surface area (Å²) in [6, 6.07) is 17.6. The maximum absolute atomic E-state index is 12.4. The topological polar surface area (TPSA) is 62.3 Å². The van der Waals surface area contributed by atoms with E-state index in [0.29, 0.717) is 25.1 Å². The van der Waals surface area contributed by atoms with E-state index in [9.17, 15) is 9.59 Å². The fourth-order valence-corrected chi connectivity index (χ4v) is 3.42. The minimum absolute atomic E-state index is 0.0643. The van der Waals surface area contributed by atoms with Crippen LogP contribution in [0.15, 0.2) is 67.0 Å². The molecule has 5 heteroatoms. The van der Waals surface area contributed by atoms with Crippen LogP contribution >= 0.6 is 0 Å². The normalized spacial score (nSPS) is 16.8. The van der Waals surface area contributed by atoms with Crippen LogP contribution in [0.25, 0.3) is 10.8 Å². The highest BCUT2D eigenvalue weighted by Crippen LogP contribution is 2.22. The molecule has 26 heavy (non-hydrogen) atoms. The zero-order valence-corrected chi connectivity index (χ0v) is 14.3. The number of aromatic nitrogens is 1. The number of pyridine rings is 1. The number of amides is 2. The van der Waals surface area contributed by atoms with Gasteiger partial charge in [0.1, 0.15) is 0 Å². The summed E-state index contributed by atoms with van der Waals surface area (Å²) >= 11 is 0. The van der Waals surface area contributed by atoms with Crippen molar-refractivity contribution in [1.29, 1.82) is 0 Å². The van der Waals surface area contributed by atoms with Crippen LogP contribution in [0.5, 0.6) is 0 Å². The van der Waals surface area contributed by atoms with Gasteiger partial charge in [-0.25, -0.2) is 0 Å². The summed E-state index contributed by atoms with van der Waals surface area (Å²) in [7, 11) is 0. The summed E-state index contributed by atoms with van der Waals surface area (Å²) in [6.07, 6.45) is 3.48. The van der Waals surface area contributed by atoms with Crippen molar-refractivity contribution in [3.8, 4) is 0 Å². The number of nitrogens with zero attached hydrogens (tertiary/aromatic N) is 2. The van der Waals surface area contributed by atoms with Gasteiger partial charge in [-0.15, -0.1) is 0 Å². The minimum atomic E-state index is -0.192. The average molecular weight is 345 g/mol. The largest absolute Gasteiger partial charge is 0.347 e. The number of hydrogen-bond donors (Lipinski definition) is 1. The number of hydrogen-bond acceptors (Lipinski definition) is 3. The Labute approximate surface area is 151 Å². The van der Waals surface area contributed by atoms with Crippen LogP contribution in [0, 0.1) is 0 Å². The van der Waals surface area contributed by atoms with Gasteiger partial charge in [0.15, 0.2) is 0 Å². The molecule has 0 saturated carbocycles. The van der Waals surface area contributed by atoms with Gasteiger partial charge < -0.3 is 10.2 Å². The number of rotatable bonds is 4. The molecule has 0 spiro atoms. The van der Waals surface area contributed by atoms with E-state index in [1.165, 1.54) is 6.20 Å². The van der Waals surface area contributed by atoms with Gasteiger partial charge in [-0.05, 0) is 28.5 Å². The van der Waals surface area contributed by atoms with Gasteiger partial charge in [0.05, 0.1) is 11.6 Å². The Kier molecular flexibility index (Phi) is 4.35. The molecule has 1 atom stereocenters. The molecule has 3 aromatic rings. The molecule has 1 aliphatic heterocycles. The van der Waals surface area contributed by atoms with E-state index in [1.54, 1.807) is 18.3 Å². The van der Waals surface area contributed by atoms with Gasteiger partial charge in [0, 0.05) is 31.9 Å². The van der Waals surface area contributed by atoms with Gasteiger partial charge in [-0.1, -0.05) is 42.5 Å². The zero-order chi connectivity index (χ0) is 17.9. The van der Waals surface area contributed by atoms with Crippen molar-refractivity contribution in [3.05, 3.63) is 78.1 Å². The number of likely N-dealkylation sites (tertiary alicyclic amines) is 1. The van der Waals surface area contributed by atoms with Crippen molar-refractivity contribution < 1.29 is 9.59 Å². The highest BCUT2D eigenvalue weighted by molar-refractivity contribution is 5.94. The summed E-state index contributed by atoms with van der Waals surface area (Å²) in [6.45, 7) is 1.08. The molecule has 1 N–H and O–H groups in total. The number of nitrogens with one attached hydrogen (secondary N) is 1. The van der Waals surface area contributed by atoms with E-state index < -0.39 is 0 Å². The van der Waals surface area contributed by atoms with Gasteiger partial charge >= 0.3 is 0 Å². The predicted molar refractivity (Wildman–Crippen MR) is 99.5 cm³/mol. The number of carbonyl (C=O) groups is 2. The predicted octanol–water partition coefficient (Wildman–Crippen LogP) is 2.77. The summed E-state index contributed by atoms with van der Waals surface area (Å²) in [4.78, 5) is 30.4. The molecule has 5 nitrogen and oxygen atoms in total. The molecule has 0 aliphatic carbocycles. The van der Waals surface area contributed by atoms with Gasteiger partial charge in [0.2, 0.25) is 5.91 Å². The van der Waals surface area contributed by atoms with Crippen molar-refractivity contribution >= 4 is 22.6 Å². The monoisotopic (exact) mass is 345 g/mol. The highest BCUT2D eigenvalue weighted by Gasteiger charge is 2.31. The van der Waals surface area contributed by atoms with Crippen LogP contribution in [0.2, 0.25) is 0 Å². The molecule has 1 unspecified atom stereocenters. The van der Waals surface area contributed by atoms with Crippen LogP contribution in [0.1, 0.15) is 22.3 Å². The molecular weight excluding hydrogens is 326 g/mol. The van der Waals surface area contributed by atoms with E-state index >= 15 is 0 Å². The maximum atomic E-state index is 12.4. The zero-order valence-electron chi connectivity index (χ0n) is 14.3. The Morgan fingerprint density at radius 2 is 1.96 bits per heavy atom. The molecular formula is C21H19N3O2. The standard InChI is InChI=1S/C21H19N3O2/c25-20-11-18(23-21(26)16-8-4-10-22-12-16)14-24(20)13-17-7-3-6-15-5-1-2-9-19(15)17/h1-10,12,18H,11,13-14H2,(H,23,26). The molecule has 1 aromatic heterocycles. The Morgan fingerprint density at radius 1 is 1.12 bits per heavy atom. The first-order chi connectivity index (χ1) is 12.7. The highest BCUT2D eigenvalue weighted by atomic mass is 16.2. The molecule has 1 aliphatic rings. The third kappa shape index (κ3) is 3.28. The lowest BCUT2D eigenvalue weighted by Gasteiger charge is -2.18. The van der Waals surface area contributed by atoms with E-state index in [4.69, 9.17) is 0 Å². The minimum Gasteiger partial charge on any atom is -0.347 e. The van der Waals surface area contributed by atoms with Gasteiger partial charge in [-0.2, -0.15) is 0 Å². The second kappa shape index (κ2) is 6.96. The van der Waals surface area contributed by atoms with Crippen molar-refractivity contribution in [2.45, 2.75) is 19.0 Å².